The molecule has 2 atom stereocenters. The van der Waals surface area contributed by atoms with E-state index in [0.717, 1.165) is 28.0 Å². The molecule has 0 aromatic heterocycles. The topological polar surface area (TPSA) is 81.7 Å². The van der Waals surface area contributed by atoms with Gasteiger partial charge >= 0.3 is 12.1 Å². The van der Waals surface area contributed by atoms with Crippen molar-refractivity contribution in [3.8, 4) is 11.1 Å². The van der Waals surface area contributed by atoms with Crippen molar-refractivity contribution >= 4 is 29.6 Å². The van der Waals surface area contributed by atoms with E-state index in [1.165, 1.54) is 23.6 Å². The van der Waals surface area contributed by atoms with Crippen LogP contribution in [0, 0.1) is 5.92 Å². The Morgan fingerprint density at radius 3 is 1.69 bits per heavy atom. The number of esters is 1. The first kappa shape index (κ1) is 38.3. The summed E-state index contributed by atoms with van der Waals surface area (Å²) in [7, 11) is 0. The summed E-state index contributed by atoms with van der Waals surface area (Å²) in [4.78, 5) is 39.0. The van der Waals surface area contributed by atoms with Crippen LogP contribution in [0.15, 0.2) is 152 Å². The average molecular weight is 738 g/mol. The summed E-state index contributed by atoms with van der Waals surface area (Å²) in [5.41, 5.74) is 8.03. The van der Waals surface area contributed by atoms with Crippen LogP contribution in [0.25, 0.3) is 11.1 Å². The third-order valence-corrected chi connectivity index (χ3v) is 11.4. The molecule has 1 amide bonds. The van der Waals surface area contributed by atoms with E-state index in [2.05, 4.69) is 102 Å². The second kappa shape index (κ2) is 18.1. The molecule has 1 unspecified atom stereocenters. The second-order valence-corrected chi connectivity index (χ2v) is 15.2. The van der Waals surface area contributed by atoms with Gasteiger partial charge in [0.2, 0.25) is 0 Å². The van der Waals surface area contributed by atoms with Gasteiger partial charge in [0, 0.05) is 12.3 Å². The van der Waals surface area contributed by atoms with Crippen LogP contribution < -0.4 is 5.32 Å². The lowest BCUT2D eigenvalue weighted by Crippen LogP contribution is -2.46. The van der Waals surface area contributed by atoms with E-state index in [1.54, 1.807) is 6.08 Å². The lowest BCUT2D eigenvalue weighted by molar-refractivity contribution is -0.151. The molecule has 0 fully saturated rings. The summed E-state index contributed by atoms with van der Waals surface area (Å²) in [6.07, 6.45) is 3.02. The zero-order valence-electron chi connectivity index (χ0n) is 31.0. The molecule has 0 heterocycles. The fraction of sp³-hybridized carbons (Fsp3) is 0.255. The molecule has 0 spiro atoms. The summed E-state index contributed by atoms with van der Waals surface area (Å²) in [6, 6.07) is 46.9. The molecule has 276 valence electrons. The molecule has 1 aliphatic carbocycles. The SMILES string of the molecule is CC(=O)C[C@@H](/C=C/CCSC(c1ccccc1)(c1ccccc1)c1ccccc1)OC(=O)C(NC(=O)OCC1c2ccccc2-c2ccccc21)C(C)C. The maximum atomic E-state index is 13.5. The first-order chi connectivity index (χ1) is 26.3. The average Bonchev–Trinajstić information content (AvgIpc) is 3.51. The number of amides is 1. The van der Waals surface area contributed by atoms with Gasteiger partial charge in [-0.2, -0.15) is 0 Å². The van der Waals surface area contributed by atoms with Gasteiger partial charge in [-0.05, 0) is 70.0 Å². The number of rotatable bonds is 16. The smallest absolute Gasteiger partial charge is 0.407 e. The number of alkyl carbamates (subject to hydrolysis) is 1. The molecule has 0 saturated carbocycles. The van der Waals surface area contributed by atoms with Crippen LogP contribution >= 0.6 is 11.8 Å². The number of benzene rings is 5. The number of nitrogens with one attached hydrogen (secondary N) is 1. The lowest BCUT2D eigenvalue weighted by atomic mass is 9.84. The van der Waals surface area contributed by atoms with Crippen LogP contribution in [-0.2, 0) is 23.8 Å². The number of hydrogen-bond acceptors (Lipinski definition) is 6. The number of Topliss-reactive ketones (excluding diaryl/α,β-unsaturated/α-hetero) is 1. The summed E-state index contributed by atoms with van der Waals surface area (Å²) >= 11 is 1.84. The standard InChI is InChI=1S/C47H47NO5S/c1-33(2)44(48-46(51)52-32-43-41-28-15-13-26-39(41)40-27-14-16-29-42(40)43)45(50)53-38(31-34(3)49)25-17-18-30-54-47(35-19-7-4-8-20-35,36-21-9-5-10-22-36)37-23-11-6-12-24-37/h4-17,19-29,33,38,43-44H,18,30-32H2,1-3H3,(H,48,51)/b25-17+/t38-,44?/m1/s1. The molecule has 0 saturated heterocycles. The summed E-state index contributed by atoms with van der Waals surface area (Å²) in [5, 5.41) is 2.74. The number of allylic oxidation sites excluding steroid dienone is 1. The minimum atomic E-state index is -0.956. The number of hydrogen-bond donors (Lipinski definition) is 1. The van der Waals surface area contributed by atoms with E-state index in [0.29, 0.717) is 6.42 Å². The Morgan fingerprint density at radius 2 is 1.20 bits per heavy atom. The van der Waals surface area contributed by atoms with Gasteiger partial charge in [0.1, 0.15) is 24.5 Å². The van der Waals surface area contributed by atoms with Gasteiger partial charge < -0.3 is 14.8 Å². The maximum absolute atomic E-state index is 13.5. The molecule has 0 bridgehead atoms. The van der Waals surface area contributed by atoms with Crippen LogP contribution in [0.5, 0.6) is 0 Å². The zero-order chi connectivity index (χ0) is 37.9. The van der Waals surface area contributed by atoms with Crippen molar-refractivity contribution < 1.29 is 23.9 Å². The Hall–Kier alpha value is -5.40. The molecular weight excluding hydrogens is 691 g/mol. The Bertz CT molecular complexity index is 1900. The predicted molar refractivity (Wildman–Crippen MR) is 217 cm³/mol. The van der Waals surface area contributed by atoms with Crippen LogP contribution in [0.2, 0.25) is 0 Å². The number of fused-ring (bicyclic) bond motifs is 3. The van der Waals surface area contributed by atoms with Crippen LogP contribution in [0.4, 0.5) is 4.79 Å². The van der Waals surface area contributed by atoms with Crippen molar-refractivity contribution in [1.29, 1.82) is 0 Å². The highest BCUT2D eigenvalue weighted by atomic mass is 32.2. The van der Waals surface area contributed by atoms with E-state index in [4.69, 9.17) is 9.47 Å². The van der Waals surface area contributed by atoms with Gasteiger partial charge in [-0.3, -0.25) is 4.79 Å². The van der Waals surface area contributed by atoms with E-state index in [-0.39, 0.29) is 30.6 Å². The molecule has 1 N–H and O–H groups in total. The molecule has 6 rings (SSSR count). The molecule has 0 radical (unpaired) electrons. The summed E-state index contributed by atoms with van der Waals surface area (Å²) in [6.45, 7) is 5.28. The molecule has 5 aromatic rings. The third-order valence-electron chi connectivity index (χ3n) is 9.79. The van der Waals surface area contributed by atoms with Crippen molar-refractivity contribution in [2.24, 2.45) is 5.92 Å². The van der Waals surface area contributed by atoms with E-state index in [1.807, 2.05) is 74.1 Å². The first-order valence-electron chi connectivity index (χ1n) is 18.6. The van der Waals surface area contributed by atoms with Gasteiger partial charge in [-0.1, -0.05) is 159 Å². The highest BCUT2D eigenvalue weighted by Crippen LogP contribution is 2.49. The monoisotopic (exact) mass is 737 g/mol. The Labute approximate surface area is 323 Å². The fourth-order valence-corrected chi connectivity index (χ4v) is 8.68. The van der Waals surface area contributed by atoms with Crippen molar-refractivity contribution in [2.45, 2.75) is 56.4 Å². The minimum absolute atomic E-state index is 0.0348. The molecule has 7 heteroatoms. The fourth-order valence-electron chi connectivity index (χ4n) is 7.22. The highest BCUT2D eigenvalue weighted by Gasteiger charge is 2.37. The number of thioether (sulfide) groups is 1. The molecule has 5 aromatic carbocycles. The molecule has 0 aliphatic heterocycles. The number of ether oxygens (including phenoxy) is 2. The molecule has 54 heavy (non-hydrogen) atoms. The van der Waals surface area contributed by atoms with Gasteiger partial charge in [0.15, 0.2) is 0 Å². The zero-order valence-corrected chi connectivity index (χ0v) is 31.8. The maximum Gasteiger partial charge on any atom is 0.407 e. The van der Waals surface area contributed by atoms with Crippen molar-refractivity contribution in [1.82, 2.24) is 5.32 Å². The largest absolute Gasteiger partial charge is 0.456 e. The van der Waals surface area contributed by atoms with Gasteiger partial charge in [-0.15, -0.1) is 11.8 Å². The quantitative estimate of drug-likeness (QED) is 0.0470. The molecule has 6 nitrogen and oxygen atoms in total. The highest BCUT2D eigenvalue weighted by molar-refractivity contribution is 8.00. The Morgan fingerprint density at radius 1 is 0.722 bits per heavy atom. The van der Waals surface area contributed by atoms with E-state index >= 15 is 0 Å². The number of ketones is 1. The number of carbonyl (C=O) groups excluding carboxylic acids is 3. The van der Waals surface area contributed by atoms with Crippen LogP contribution in [0.3, 0.4) is 0 Å². The predicted octanol–water partition coefficient (Wildman–Crippen LogP) is 10.1. The van der Waals surface area contributed by atoms with E-state index < -0.39 is 29.0 Å². The Balaban J connectivity index is 1.10. The third kappa shape index (κ3) is 8.86. The van der Waals surface area contributed by atoms with Gasteiger partial charge in [0.05, 0.1) is 4.75 Å². The normalized spacial score (nSPS) is 13.6. The second-order valence-electron chi connectivity index (χ2n) is 13.9. The summed E-state index contributed by atoms with van der Waals surface area (Å²) < 4.78 is 11.2. The van der Waals surface area contributed by atoms with Crippen molar-refractivity contribution in [2.75, 3.05) is 12.4 Å². The van der Waals surface area contributed by atoms with Crippen LogP contribution in [0.1, 0.15) is 67.3 Å². The minimum Gasteiger partial charge on any atom is -0.456 e. The number of carbonyl (C=O) groups is 3. The Kier molecular flexibility index (Phi) is 12.8. The van der Waals surface area contributed by atoms with Crippen molar-refractivity contribution in [3.63, 3.8) is 0 Å². The lowest BCUT2D eigenvalue weighted by Gasteiger charge is -2.35. The first-order valence-corrected chi connectivity index (χ1v) is 19.5. The van der Waals surface area contributed by atoms with Gasteiger partial charge in [-0.25, -0.2) is 9.59 Å². The van der Waals surface area contributed by atoms with Crippen molar-refractivity contribution in [3.05, 3.63) is 179 Å². The molecular formula is C47H47NO5S. The molecule has 1 aliphatic rings. The van der Waals surface area contributed by atoms with Crippen LogP contribution in [-0.4, -0.2) is 42.4 Å². The summed E-state index contributed by atoms with van der Waals surface area (Å²) in [5.74, 6) is -0.338. The van der Waals surface area contributed by atoms with Gasteiger partial charge in [0.25, 0.3) is 0 Å². The van der Waals surface area contributed by atoms with E-state index in [9.17, 15) is 14.4 Å².